The van der Waals surface area contributed by atoms with Gasteiger partial charge >= 0.3 is 12.1 Å². The molecule has 0 bridgehead atoms. The van der Waals surface area contributed by atoms with E-state index in [0.29, 0.717) is 32.0 Å². The molecule has 1 aliphatic carbocycles. The van der Waals surface area contributed by atoms with E-state index in [4.69, 9.17) is 13.9 Å². The molecule has 3 rings (SSSR count). The number of esters is 1. The van der Waals surface area contributed by atoms with Crippen LogP contribution in [-0.4, -0.2) is 91.4 Å². The lowest BCUT2D eigenvalue weighted by Gasteiger charge is -2.41. The lowest BCUT2D eigenvalue weighted by Crippen LogP contribution is -2.53. The van der Waals surface area contributed by atoms with Crippen LogP contribution in [-0.2, 0) is 18.7 Å². The van der Waals surface area contributed by atoms with Crippen LogP contribution in [0, 0.1) is 5.92 Å². The average molecular weight is 647 g/mol. The first kappa shape index (κ1) is 37.5. The van der Waals surface area contributed by atoms with Crippen LogP contribution in [0.15, 0.2) is 36.5 Å². The first-order valence-corrected chi connectivity index (χ1v) is 20.2. The Morgan fingerprint density at radius 1 is 1.09 bits per heavy atom. The van der Waals surface area contributed by atoms with E-state index in [1.54, 1.807) is 24.0 Å². The number of nitrogens with zero attached hydrogens (tertiary/aromatic N) is 2. The highest BCUT2D eigenvalue weighted by molar-refractivity contribution is 6.74. The number of piperazine rings is 1. The van der Waals surface area contributed by atoms with E-state index < -0.39 is 38.3 Å². The molecule has 45 heavy (non-hydrogen) atoms. The molecule has 0 radical (unpaired) electrons. The van der Waals surface area contributed by atoms with E-state index in [-0.39, 0.29) is 23.3 Å². The van der Waals surface area contributed by atoms with E-state index >= 15 is 0 Å². The molecule has 3 aliphatic rings. The highest BCUT2D eigenvalue weighted by atomic mass is 28.4. The van der Waals surface area contributed by atoms with Crippen molar-refractivity contribution >= 4 is 20.4 Å². The van der Waals surface area contributed by atoms with Gasteiger partial charge in [-0.25, -0.2) is 4.79 Å². The normalized spacial score (nSPS) is 31.6. The minimum Gasteiger partial charge on any atom is -0.457 e. The fraction of sp³-hybridized carbons (Fsp3) is 0.778. The van der Waals surface area contributed by atoms with Crippen molar-refractivity contribution in [2.45, 2.75) is 147 Å². The van der Waals surface area contributed by atoms with Gasteiger partial charge in [0.05, 0.1) is 12.5 Å². The van der Waals surface area contributed by atoms with Gasteiger partial charge < -0.3 is 23.9 Å². The zero-order chi connectivity index (χ0) is 33.4. The summed E-state index contributed by atoms with van der Waals surface area (Å²) in [7, 11) is -2.23. The van der Waals surface area contributed by atoms with Gasteiger partial charge in [-0.15, -0.1) is 0 Å². The number of allylic oxidation sites excluding steroid dienone is 2. The van der Waals surface area contributed by atoms with Gasteiger partial charge in [-0.2, -0.15) is 0 Å². The van der Waals surface area contributed by atoms with Gasteiger partial charge in [0.25, 0.3) is 0 Å². The predicted molar refractivity (Wildman–Crippen MR) is 184 cm³/mol. The molecule has 1 saturated carbocycles. The Labute approximate surface area is 274 Å². The summed E-state index contributed by atoms with van der Waals surface area (Å²) in [6, 6.07) is 0.615. The van der Waals surface area contributed by atoms with Crippen molar-refractivity contribution in [3.8, 4) is 0 Å². The van der Waals surface area contributed by atoms with Crippen molar-refractivity contribution in [3.63, 3.8) is 0 Å². The second-order valence-electron chi connectivity index (χ2n) is 15.4. The molecular formula is C36H62N2O6Si. The number of aliphatic hydroxyl groups is 1. The minimum absolute atomic E-state index is 0.0511. The number of carbonyl (C=O) groups excluding carboxylic acids is 2. The van der Waals surface area contributed by atoms with Gasteiger partial charge in [0.2, 0.25) is 0 Å². The van der Waals surface area contributed by atoms with Gasteiger partial charge in [0.15, 0.2) is 14.4 Å². The Hall–Kier alpha value is -1.94. The summed E-state index contributed by atoms with van der Waals surface area (Å²) >= 11 is 0. The Morgan fingerprint density at radius 2 is 1.71 bits per heavy atom. The molecule has 2 aliphatic heterocycles. The lowest BCUT2D eigenvalue weighted by molar-refractivity contribution is -0.151. The fourth-order valence-corrected chi connectivity index (χ4v) is 7.88. The Morgan fingerprint density at radius 3 is 2.29 bits per heavy atom. The van der Waals surface area contributed by atoms with Crippen LogP contribution < -0.4 is 0 Å². The van der Waals surface area contributed by atoms with E-state index in [2.05, 4.69) is 45.3 Å². The number of carbonyl (C=O) groups is 2. The molecule has 8 nitrogen and oxygen atoms in total. The Bertz CT molecular complexity index is 1050. The molecule has 9 heteroatoms. The van der Waals surface area contributed by atoms with Crippen molar-refractivity contribution in [2.75, 3.05) is 26.2 Å². The average Bonchev–Trinajstić information content (AvgIpc) is 3.25. The largest absolute Gasteiger partial charge is 0.457 e. The zero-order valence-corrected chi connectivity index (χ0v) is 30.5. The number of rotatable bonds is 6. The van der Waals surface area contributed by atoms with Crippen LogP contribution in [0.5, 0.6) is 0 Å². The van der Waals surface area contributed by atoms with Gasteiger partial charge in [-0.3, -0.25) is 9.69 Å². The maximum atomic E-state index is 13.5. The summed E-state index contributed by atoms with van der Waals surface area (Å²) in [5, 5.41) is 11.8. The predicted octanol–water partition coefficient (Wildman–Crippen LogP) is 7.39. The molecule has 1 saturated heterocycles. The number of cyclic esters (lactones) is 1. The van der Waals surface area contributed by atoms with Crippen LogP contribution in [0.1, 0.15) is 99.3 Å². The highest BCUT2D eigenvalue weighted by Crippen LogP contribution is 2.39. The molecule has 2 fully saturated rings. The van der Waals surface area contributed by atoms with Crippen LogP contribution >= 0.6 is 0 Å². The molecule has 0 aromatic heterocycles. The fourth-order valence-electron chi connectivity index (χ4n) is 6.49. The van der Waals surface area contributed by atoms with E-state index in [9.17, 15) is 14.7 Å². The summed E-state index contributed by atoms with van der Waals surface area (Å²) in [5.41, 5.74) is -0.505. The second-order valence-corrected chi connectivity index (χ2v) is 20.1. The summed E-state index contributed by atoms with van der Waals surface area (Å²) < 4.78 is 18.9. The van der Waals surface area contributed by atoms with E-state index in [1.807, 2.05) is 26.0 Å². The molecule has 256 valence electrons. The van der Waals surface area contributed by atoms with Crippen molar-refractivity contribution in [3.05, 3.63) is 36.5 Å². The number of hydrogen-bond donors (Lipinski definition) is 1. The third-order valence-electron chi connectivity index (χ3n) is 10.5. The standard InChI is InChI=1S/C36H62N2O6Si/c1-10-15-27(2)33-28(3)18-19-31(42-34(40)38-24-22-37(23-25-38)29-16-13-11-12-14-17-29)36(7,41)21-20-30(26-32(39)43-33)44-45(8,9)35(4,5)6/h10,15,18-19,28-31,33,41H,1,11-14,16-17,20-26H2,2-9H3/b19-18+,27-15+/t28?,30?,31-,33+,36+/m0/s1. The zero-order valence-electron chi connectivity index (χ0n) is 29.5. The lowest BCUT2D eigenvalue weighted by atomic mass is 9.89. The number of ether oxygens (including phenoxy) is 2. The Balaban J connectivity index is 1.82. The smallest absolute Gasteiger partial charge is 0.410 e. The summed E-state index contributed by atoms with van der Waals surface area (Å²) in [6.45, 7) is 23.2. The highest BCUT2D eigenvalue weighted by Gasteiger charge is 2.42. The maximum absolute atomic E-state index is 13.5. The van der Waals surface area contributed by atoms with Gasteiger partial charge in [0.1, 0.15) is 11.7 Å². The SMILES string of the molecule is C=C/C=C(\C)[C@H]1OC(=O)CC(O[Si](C)(C)C(C)(C)C)CC[C@@](C)(O)[C@@H](OC(=O)N2CCN(C3CCCCCC3)CC2)/C=C/C1C. The van der Waals surface area contributed by atoms with Crippen LogP contribution in [0.2, 0.25) is 18.1 Å². The first-order chi connectivity index (χ1) is 21.0. The molecule has 0 aromatic rings. The van der Waals surface area contributed by atoms with Crippen LogP contribution in [0.25, 0.3) is 0 Å². The summed E-state index contributed by atoms with van der Waals surface area (Å²) in [5.74, 6) is -0.559. The molecule has 2 heterocycles. The van der Waals surface area contributed by atoms with Crippen LogP contribution in [0.4, 0.5) is 4.79 Å². The summed E-state index contributed by atoms with van der Waals surface area (Å²) in [4.78, 5) is 31.2. The van der Waals surface area contributed by atoms with Crippen molar-refractivity contribution < 1.29 is 28.6 Å². The van der Waals surface area contributed by atoms with Crippen LogP contribution in [0.3, 0.4) is 0 Å². The summed E-state index contributed by atoms with van der Waals surface area (Å²) in [6.07, 6.45) is 13.5. The molecule has 0 spiro atoms. The van der Waals surface area contributed by atoms with E-state index in [0.717, 1.165) is 18.7 Å². The van der Waals surface area contributed by atoms with Crippen molar-refractivity contribution in [1.82, 2.24) is 9.80 Å². The first-order valence-electron chi connectivity index (χ1n) is 17.3. The maximum Gasteiger partial charge on any atom is 0.410 e. The molecule has 2 unspecified atom stereocenters. The quantitative estimate of drug-likeness (QED) is 0.106. The minimum atomic E-state index is -2.23. The molecule has 1 amide bonds. The van der Waals surface area contributed by atoms with E-state index in [1.165, 1.54) is 38.5 Å². The number of hydrogen-bond acceptors (Lipinski definition) is 7. The molecule has 5 atom stereocenters. The molecular weight excluding hydrogens is 584 g/mol. The van der Waals surface area contributed by atoms with Crippen molar-refractivity contribution in [2.24, 2.45) is 5.92 Å². The van der Waals surface area contributed by atoms with Gasteiger partial charge in [-0.1, -0.05) is 78.2 Å². The third-order valence-corrected chi connectivity index (χ3v) is 15.1. The van der Waals surface area contributed by atoms with Crippen molar-refractivity contribution in [1.29, 1.82) is 0 Å². The van der Waals surface area contributed by atoms with Gasteiger partial charge in [0, 0.05) is 38.1 Å². The Kier molecular flexibility index (Phi) is 13.5. The third kappa shape index (κ3) is 10.8. The molecule has 1 N–H and O–H groups in total. The second kappa shape index (κ2) is 16.2. The molecule has 0 aromatic carbocycles. The van der Waals surface area contributed by atoms with Gasteiger partial charge in [-0.05, 0) is 69.3 Å². The topological polar surface area (TPSA) is 88.5 Å². The number of amides is 1. The monoisotopic (exact) mass is 646 g/mol.